The van der Waals surface area contributed by atoms with Crippen LogP contribution in [0.4, 0.5) is 0 Å². The summed E-state index contributed by atoms with van der Waals surface area (Å²) in [4.78, 5) is 11.4. The minimum atomic E-state index is 0.711. The van der Waals surface area contributed by atoms with Gasteiger partial charge in [-0.3, -0.25) is 4.98 Å². The Balaban J connectivity index is 1.68. The number of likely N-dealkylation sites (tertiary alicyclic amines) is 1. The van der Waals surface area contributed by atoms with Crippen LogP contribution in [0, 0.1) is 0 Å². The smallest absolute Gasteiger partial charge is 0.158 e. The van der Waals surface area contributed by atoms with Gasteiger partial charge in [0, 0.05) is 31.2 Å². The van der Waals surface area contributed by atoms with Crippen molar-refractivity contribution in [3.63, 3.8) is 0 Å². The molecule has 106 valence electrons. The van der Waals surface area contributed by atoms with E-state index >= 15 is 0 Å². The molecule has 1 aliphatic rings. The molecule has 2 aromatic rings. The third-order valence-electron chi connectivity index (χ3n) is 4.23. The third-order valence-corrected chi connectivity index (χ3v) is 4.23. The Morgan fingerprint density at radius 3 is 2.95 bits per heavy atom. The van der Waals surface area contributed by atoms with E-state index in [1.165, 1.54) is 32.2 Å². The van der Waals surface area contributed by atoms with Gasteiger partial charge >= 0.3 is 0 Å². The van der Waals surface area contributed by atoms with Gasteiger partial charge in [-0.05, 0) is 45.0 Å². The van der Waals surface area contributed by atoms with Gasteiger partial charge in [0.05, 0.1) is 0 Å². The molecule has 4 heteroatoms. The van der Waals surface area contributed by atoms with Crippen molar-refractivity contribution in [1.82, 2.24) is 19.4 Å². The highest BCUT2D eigenvalue weighted by Crippen LogP contribution is 2.20. The average molecular weight is 270 g/mol. The van der Waals surface area contributed by atoms with Crippen LogP contribution < -0.4 is 0 Å². The maximum Gasteiger partial charge on any atom is 0.158 e. The normalized spacial score (nSPS) is 20.1. The van der Waals surface area contributed by atoms with Crippen molar-refractivity contribution in [2.45, 2.75) is 38.3 Å². The van der Waals surface area contributed by atoms with Crippen LogP contribution in [0.3, 0.4) is 0 Å². The Morgan fingerprint density at radius 2 is 2.15 bits per heavy atom. The molecule has 0 amide bonds. The second-order valence-corrected chi connectivity index (χ2v) is 5.58. The van der Waals surface area contributed by atoms with Gasteiger partial charge in [0.25, 0.3) is 0 Å². The van der Waals surface area contributed by atoms with Gasteiger partial charge in [0.2, 0.25) is 0 Å². The average Bonchev–Trinajstić information content (AvgIpc) is 2.96. The number of aryl methyl sites for hydroxylation is 1. The molecule has 20 heavy (non-hydrogen) atoms. The predicted octanol–water partition coefficient (Wildman–Crippen LogP) is 2.82. The molecule has 0 aromatic carbocycles. The maximum atomic E-state index is 4.46. The van der Waals surface area contributed by atoms with Crippen LogP contribution >= 0.6 is 0 Å². The van der Waals surface area contributed by atoms with Gasteiger partial charge in [0.1, 0.15) is 5.69 Å². The van der Waals surface area contributed by atoms with Crippen molar-refractivity contribution in [2.24, 2.45) is 0 Å². The number of nitrogens with zero attached hydrogens (tertiary/aromatic N) is 4. The van der Waals surface area contributed by atoms with Crippen LogP contribution in [0.2, 0.25) is 0 Å². The van der Waals surface area contributed by atoms with Gasteiger partial charge in [-0.25, -0.2) is 4.98 Å². The molecule has 2 aromatic heterocycles. The molecule has 1 atom stereocenters. The molecule has 0 N–H and O–H groups in total. The van der Waals surface area contributed by atoms with Crippen LogP contribution in [0.1, 0.15) is 25.7 Å². The van der Waals surface area contributed by atoms with Crippen molar-refractivity contribution >= 4 is 0 Å². The van der Waals surface area contributed by atoms with Gasteiger partial charge in [-0.1, -0.05) is 12.5 Å². The Morgan fingerprint density at radius 1 is 1.20 bits per heavy atom. The number of imidazole rings is 1. The second kappa shape index (κ2) is 6.18. The lowest BCUT2D eigenvalue weighted by Gasteiger charge is -2.32. The molecule has 1 aliphatic heterocycles. The lowest BCUT2D eigenvalue weighted by Crippen LogP contribution is -2.36. The first-order valence-electron chi connectivity index (χ1n) is 7.47. The van der Waals surface area contributed by atoms with E-state index in [4.69, 9.17) is 0 Å². The van der Waals surface area contributed by atoms with E-state index in [1.54, 1.807) is 0 Å². The Bertz CT molecular complexity index is 534. The number of pyridine rings is 1. The highest BCUT2D eigenvalue weighted by molar-refractivity contribution is 5.48. The van der Waals surface area contributed by atoms with E-state index in [-0.39, 0.29) is 0 Å². The van der Waals surface area contributed by atoms with Crippen molar-refractivity contribution in [3.05, 3.63) is 36.8 Å². The van der Waals surface area contributed by atoms with Gasteiger partial charge in [-0.2, -0.15) is 0 Å². The van der Waals surface area contributed by atoms with E-state index < -0.39 is 0 Å². The summed E-state index contributed by atoms with van der Waals surface area (Å²) in [6.07, 6.45) is 11.0. The molecular weight excluding hydrogens is 248 g/mol. The molecule has 4 nitrogen and oxygen atoms in total. The number of hydrogen-bond acceptors (Lipinski definition) is 3. The topological polar surface area (TPSA) is 34.0 Å². The lowest BCUT2D eigenvalue weighted by molar-refractivity contribution is 0.171. The van der Waals surface area contributed by atoms with E-state index in [2.05, 4.69) is 32.7 Å². The number of aromatic nitrogens is 3. The first kappa shape index (κ1) is 13.3. The summed E-state index contributed by atoms with van der Waals surface area (Å²) in [5.41, 5.74) is 0.953. The zero-order chi connectivity index (χ0) is 13.8. The summed E-state index contributed by atoms with van der Waals surface area (Å²) < 4.78 is 2.23. The van der Waals surface area contributed by atoms with E-state index in [1.807, 2.05) is 30.6 Å². The molecule has 0 spiro atoms. The quantitative estimate of drug-likeness (QED) is 0.856. The summed E-state index contributed by atoms with van der Waals surface area (Å²) in [7, 11) is 2.25. The summed E-state index contributed by atoms with van der Waals surface area (Å²) in [6.45, 7) is 2.25. The van der Waals surface area contributed by atoms with E-state index in [0.717, 1.165) is 18.1 Å². The number of rotatable bonds is 4. The maximum absolute atomic E-state index is 4.46. The van der Waals surface area contributed by atoms with E-state index in [9.17, 15) is 0 Å². The summed E-state index contributed by atoms with van der Waals surface area (Å²) in [5.74, 6) is 0.976. The molecule has 0 bridgehead atoms. The molecule has 0 unspecified atom stereocenters. The summed E-state index contributed by atoms with van der Waals surface area (Å²) >= 11 is 0. The van der Waals surface area contributed by atoms with Gasteiger partial charge in [0.15, 0.2) is 5.82 Å². The number of hydrogen-bond donors (Lipinski definition) is 0. The fourth-order valence-electron chi connectivity index (χ4n) is 3.01. The first-order chi connectivity index (χ1) is 9.84. The highest BCUT2D eigenvalue weighted by atomic mass is 15.1. The van der Waals surface area contributed by atoms with Crippen LogP contribution in [0.25, 0.3) is 11.5 Å². The SMILES string of the molecule is CN1CCCC[C@@H]1CCn1ccnc1-c1ccccn1. The fourth-order valence-corrected chi connectivity index (χ4v) is 3.01. The standard InChI is InChI=1S/C16H22N4/c1-19-11-5-3-6-14(19)8-12-20-13-10-18-16(20)15-7-2-4-9-17-15/h2,4,7,9-10,13-14H,3,5-6,8,11-12H2,1H3/t14-/m1/s1. The minimum absolute atomic E-state index is 0.711. The lowest BCUT2D eigenvalue weighted by atomic mass is 10.0. The van der Waals surface area contributed by atoms with Crippen LogP contribution in [0.5, 0.6) is 0 Å². The van der Waals surface area contributed by atoms with Crippen molar-refractivity contribution in [1.29, 1.82) is 0 Å². The number of piperidine rings is 1. The van der Waals surface area contributed by atoms with Crippen LogP contribution in [0.15, 0.2) is 36.8 Å². The third kappa shape index (κ3) is 2.90. The van der Waals surface area contributed by atoms with Crippen molar-refractivity contribution in [3.8, 4) is 11.5 Å². The van der Waals surface area contributed by atoms with Crippen LogP contribution in [-0.4, -0.2) is 39.1 Å². The molecule has 3 heterocycles. The molecule has 1 fully saturated rings. The zero-order valence-corrected chi connectivity index (χ0v) is 12.1. The van der Waals surface area contributed by atoms with Gasteiger partial charge in [-0.15, -0.1) is 0 Å². The molecule has 3 rings (SSSR count). The minimum Gasteiger partial charge on any atom is -0.330 e. The fraction of sp³-hybridized carbons (Fsp3) is 0.500. The second-order valence-electron chi connectivity index (χ2n) is 5.58. The van der Waals surface area contributed by atoms with E-state index in [0.29, 0.717) is 6.04 Å². The Labute approximate surface area is 120 Å². The molecule has 0 aliphatic carbocycles. The van der Waals surface area contributed by atoms with Crippen LogP contribution in [-0.2, 0) is 6.54 Å². The van der Waals surface area contributed by atoms with Gasteiger partial charge < -0.3 is 9.47 Å². The largest absolute Gasteiger partial charge is 0.330 e. The molecular formula is C16H22N4. The predicted molar refractivity (Wildman–Crippen MR) is 80.3 cm³/mol. The first-order valence-corrected chi connectivity index (χ1v) is 7.47. The highest BCUT2D eigenvalue weighted by Gasteiger charge is 2.19. The van der Waals surface area contributed by atoms with Crippen molar-refractivity contribution in [2.75, 3.05) is 13.6 Å². The summed E-state index contributed by atoms with van der Waals surface area (Å²) in [5, 5.41) is 0. The summed E-state index contributed by atoms with van der Waals surface area (Å²) in [6, 6.07) is 6.68. The molecule has 0 saturated carbocycles. The van der Waals surface area contributed by atoms with Crippen molar-refractivity contribution < 1.29 is 0 Å². The Kier molecular flexibility index (Phi) is 4.11. The zero-order valence-electron chi connectivity index (χ0n) is 12.1. The molecule has 0 radical (unpaired) electrons. The molecule has 1 saturated heterocycles. The monoisotopic (exact) mass is 270 g/mol. The Hall–Kier alpha value is -1.68.